The highest BCUT2D eigenvalue weighted by Gasteiger charge is 2.25. The van der Waals surface area contributed by atoms with Crippen molar-refractivity contribution in [3.63, 3.8) is 0 Å². The van der Waals surface area contributed by atoms with Crippen molar-refractivity contribution in [1.29, 1.82) is 0 Å². The summed E-state index contributed by atoms with van der Waals surface area (Å²) in [6.45, 7) is 1.91. The summed E-state index contributed by atoms with van der Waals surface area (Å²) < 4.78 is 28.3. The van der Waals surface area contributed by atoms with Crippen LogP contribution in [0.1, 0.15) is 49.3 Å². The largest absolute Gasteiger partial charge is 0.353 e. The first-order valence-electron chi connectivity index (χ1n) is 9.37. The summed E-state index contributed by atoms with van der Waals surface area (Å²) in [4.78, 5) is 12.7. The van der Waals surface area contributed by atoms with Gasteiger partial charge in [0.1, 0.15) is 0 Å². The molecule has 27 heavy (non-hydrogen) atoms. The zero-order chi connectivity index (χ0) is 19.3. The predicted molar refractivity (Wildman–Crippen MR) is 106 cm³/mol. The van der Waals surface area contributed by atoms with E-state index < -0.39 is 16.1 Å². The maximum absolute atomic E-state index is 12.8. The van der Waals surface area contributed by atoms with E-state index in [4.69, 9.17) is 0 Å². The average Bonchev–Trinajstić information content (AvgIpc) is 3.15. The molecule has 3 rings (SSSR count). The van der Waals surface area contributed by atoms with Crippen LogP contribution in [0.3, 0.4) is 0 Å². The fourth-order valence-corrected chi connectivity index (χ4v) is 4.65. The number of aryl methyl sites for hydroxylation is 1. The van der Waals surface area contributed by atoms with E-state index in [1.807, 2.05) is 37.3 Å². The van der Waals surface area contributed by atoms with Crippen LogP contribution in [-0.4, -0.2) is 20.4 Å². The molecule has 0 bridgehead atoms. The van der Waals surface area contributed by atoms with Crippen LogP contribution in [-0.2, 0) is 14.8 Å². The Morgan fingerprint density at radius 1 is 1.04 bits per heavy atom. The molecule has 144 valence electrons. The van der Waals surface area contributed by atoms with Gasteiger partial charge in [-0.05, 0) is 37.5 Å². The van der Waals surface area contributed by atoms with E-state index in [0.717, 1.165) is 36.8 Å². The predicted octanol–water partition coefficient (Wildman–Crippen LogP) is 3.46. The van der Waals surface area contributed by atoms with Crippen LogP contribution in [0.5, 0.6) is 0 Å². The minimum absolute atomic E-state index is 0.0750. The molecule has 1 aliphatic rings. The van der Waals surface area contributed by atoms with Crippen molar-refractivity contribution in [3.8, 4) is 0 Å². The number of hydrogen-bond acceptors (Lipinski definition) is 3. The van der Waals surface area contributed by atoms with E-state index in [9.17, 15) is 13.2 Å². The Labute approximate surface area is 161 Å². The smallest absolute Gasteiger partial charge is 0.241 e. The molecule has 5 nitrogen and oxygen atoms in total. The monoisotopic (exact) mass is 386 g/mol. The maximum Gasteiger partial charge on any atom is 0.241 e. The Morgan fingerprint density at radius 3 is 2.30 bits per heavy atom. The van der Waals surface area contributed by atoms with Gasteiger partial charge in [-0.25, -0.2) is 13.1 Å². The highest BCUT2D eigenvalue weighted by Crippen LogP contribution is 2.22. The van der Waals surface area contributed by atoms with Crippen molar-refractivity contribution in [2.24, 2.45) is 0 Å². The van der Waals surface area contributed by atoms with Gasteiger partial charge in [-0.1, -0.05) is 60.9 Å². The lowest BCUT2D eigenvalue weighted by molar-refractivity contribution is -0.122. The Kier molecular flexibility index (Phi) is 6.29. The highest BCUT2D eigenvalue weighted by molar-refractivity contribution is 7.89. The molecule has 0 aromatic heterocycles. The maximum atomic E-state index is 12.8. The zero-order valence-electron chi connectivity index (χ0n) is 15.5. The van der Waals surface area contributed by atoms with Crippen LogP contribution in [0.4, 0.5) is 0 Å². The Balaban J connectivity index is 1.77. The fourth-order valence-electron chi connectivity index (χ4n) is 3.43. The van der Waals surface area contributed by atoms with Crippen molar-refractivity contribution in [1.82, 2.24) is 10.0 Å². The van der Waals surface area contributed by atoms with Gasteiger partial charge in [0.25, 0.3) is 0 Å². The summed E-state index contributed by atoms with van der Waals surface area (Å²) >= 11 is 0. The molecule has 6 heteroatoms. The number of benzene rings is 2. The van der Waals surface area contributed by atoms with E-state index in [0.29, 0.717) is 0 Å². The molecule has 1 amide bonds. The SMILES string of the molecule is Cc1ccc(S(=O)(=O)N[C@H](CC(=O)NC2CCCC2)c2ccccc2)cc1. The van der Waals surface area contributed by atoms with E-state index in [1.54, 1.807) is 24.3 Å². The lowest BCUT2D eigenvalue weighted by atomic mass is 10.0. The zero-order valence-corrected chi connectivity index (χ0v) is 16.3. The van der Waals surface area contributed by atoms with Crippen LogP contribution in [0.15, 0.2) is 59.5 Å². The molecular formula is C21H26N2O3S. The number of amides is 1. The molecular weight excluding hydrogens is 360 g/mol. The molecule has 0 aliphatic heterocycles. The molecule has 2 N–H and O–H groups in total. The first-order chi connectivity index (χ1) is 12.9. The molecule has 2 aromatic rings. The minimum Gasteiger partial charge on any atom is -0.353 e. The molecule has 1 saturated carbocycles. The van der Waals surface area contributed by atoms with Gasteiger partial charge in [-0.15, -0.1) is 0 Å². The summed E-state index contributed by atoms with van der Waals surface area (Å²) in [5.74, 6) is -0.123. The van der Waals surface area contributed by atoms with Crippen LogP contribution in [0.2, 0.25) is 0 Å². The lowest BCUT2D eigenvalue weighted by Gasteiger charge is -2.20. The molecule has 0 saturated heterocycles. The van der Waals surface area contributed by atoms with Crippen molar-refractivity contribution in [2.45, 2.75) is 56.0 Å². The third kappa shape index (κ3) is 5.40. The normalized spacial score (nSPS) is 16.2. The van der Waals surface area contributed by atoms with Crippen molar-refractivity contribution in [2.75, 3.05) is 0 Å². The summed E-state index contributed by atoms with van der Waals surface area (Å²) in [5.41, 5.74) is 1.76. The van der Waals surface area contributed by atoms with Gasteiger partial charge in [0, 0.05) is 12.5 Å². The summed E-state index contributed by atoms with van der Waals surface area (Å²) in [6.07, 6.45) is 4.33. The van der Waals surface area contributed by atoms with Gasteiger partial charge in [0.15, 0.2) is 0 Å². The number of hydrogen-bond donors (Lipinski definition) is 2. The highest BCUT2D eigenvalue weighted by atomic mass is 32.2. The van der Waals surface area contributed by atoms with Crippen LogP contribution < -0.4 is 10.0 Å². The van der Waals surface area contributed by atoms with E-state index in [1.165, 1.54) is 0 Å². The van der Waals surface area contributed by atoms with E-state index >= 15 is 0 Å². The first-order valence-corrected chi connectivity index (χ1v) is 10.9. The molecule has 0 unspecified atom stereocenters. The Bertz CT molecular complexity index is 858. The van der Waals surface area contributed by atoms with Crippen molar-refractivity contribution in [3.05, 3.63) is 65.7 Å². The van der Waals surface area contributed by atoms with Crippen LogP contribution >= 0.6 is 0 Å². The number of carbonyl (C=O) groups excluding carboxylic acids is 1. The number of sulfonamides is 1. The minimum atomic E-state index is -3.73. The van der Waals surface area contributed by atoms with Crippen LogP contribution in [0.25, 0.3) is 0 Å². The van der Waals surface area contributed by atoms with Gasteiger partial charge >= 0.3 is 0 Å². The van der Waals surface area contributed by atoms with Gasteiger partial charge < -0.3 is 5.32 Å². The molecule has 0 radical (unpaired) electrons. The van der Waals surface area contributed by atoms with Crippen molar-refractivity contribution < 1.29 is 13.2 Å². The van der Waals surface area contributed by atoms with Gasteiger partial charge in [0.2, 0.25) is 15.9 Å². The Hall–Kier alpha value is -2.18. The number of rotatable bonds is 7. The van der Waals surface area contributed by atoms with Gasteiger partial charge in [-0.3, -0.25) is 4.79 Å². The molecule has 0 heterocycles. The lowest BCUT2D eigenvalue weighted by Crippen LogP contribution is -2.37. The fraction of sp³-hybridized carbons (Fsp3) is 0.381. The summed E-state index contributed by atoms with van der Waals surface area (Å²) in [7, 11) is -3.73. The second-order valence-electron chi connectivity index (χ2n) is 7.15. The van der Waals surface area contributed by atoms with Crippen LogP contribution in [0, 0.1) is 6.92 Å². The third-order valence-electron chi connectivity index (χ3n) is 4.94. The number of nitrogens with one attached hydrogen (secondary N) is 2. The second kappa shape index (κ2) is 8.67. The van der Waals surface area contributed by atoms with Gasteiger partial charge in [0.05, 0.1) is 10.9 Å². The quantitative estimate of drug-likeness (QED) is 0.765. The molecule has 1 fully saturated rings. The van der Waals surface area contributed by atoms with Gasteiger partial charge in [-0.2, -0.15) is 0 Å². The topological polar surface area (TPSA) is 75.3 Å². The summed E-state index contributed by atoms with van der Waals surface area (Å²) in [6, 6.07) is 15.5. The third-order valence-corrected chi connectivity index (χ3v) is 6.43. The molecule has 1 atom stereocenters. The average molecular weight is 387 g/mol. The number of carbonyl (C=O) groups is 1. The first kappa shape index (κ1) is 19.6. The summed E-state index contributed by atoms with van der Waals surface area (Å²) in [5, 5.41) is 3.04. The van der Waals surface area contributed by atoms with E-state index in [-0.39, 0.29) is 23.3 Å². The Morgan fingerprint density at radius 2 is 1.67 bits per heavy atom. The molecule has 1 aliphatic carbocycles. The second-order valence-corrected chi connectivity index (χ2v) is 8.86. The molecule has 0 spiro atoms. The van der Waals surface area contributed by atoms with Crippen molar-refractivity contribution >= 4 is 15.9 Å². The molecule has 2 aromatic carbocycles. The van der Waals surface area contributed by atoms with E-state index in [2.05, 4.69) is 10.0 Å². The standard InChI is InChI=1S/C21H26N2O3S/c1-16-11-13-19(14-12-16)27(25,26)23-20(17-7-3-2-4-8-17)15-21(24)22-18-9-5-6-10-18/h2-4,7-8,11-14,18,20,23H,5-6,9-10,15H2,1H3,(H,22,24)/t20-/m1/s1.